The number of hydrogen-bond donors (Lipinski definition) is 1. The van der Waals surface area contributed by atoms with Gasteiger partial charge in [0.15, 0.2) is 5.16 Å². The summed E-state index contributed by atoms with van der Waals surface area (Å²) in [5.41, 5.74) is 2.58. The Morgan fingerprint density at radius 2 is 2.00 bits per heavy atom. The third-order valence-corrected chi connectivity index (χ3v) is 5.48. The number of rotatable bonds is 6. The van der Waals surface area contributed by atoms with Gasteiger partial charge in [0.25, 0.3) is 0 Å². The maximum absolute atomic E-state index is 12.1. The van der Waals surface area contributed by atoms with Gasteiger partial charge in [0.2, 0.25) is 5.91 Å². The third kappa shape index (κ3) is 4.17. The predicted molar refractivity (Wildman–Crippen MR) is 107 cm³/mol. The zero-order valence-corrected chi connectivity index (χ0v) is 16.1. The van der Waals surface area contributed by atoms with Gasteiger partial charge in [0.1, 0.15) is 21.8 Å². The summed E-state index contributed by atoms with van der Waals surface area (Å²) < 4.78 is 5.21. The first kappa shape index (κ1) is 17.7. The van der Waals surface area contributed by atoms with Gasteiger partial charge in [-0.3, -0.25) is 4.79 Å². The van der Waals surface area contributed by atoms with Gasteiger partial charge < -0.3 is 9.73 Å². The van der Waals surface area contributed by atoms with Crippen molar-refractivity contribution in [3.8, 4) is 11.3 Å². The number of fused-ring (bicyclic) bond motifs is 1. The second-order valence-corrected chi connectivity index (χ2v) is 7.88. The van der Waals surface area contributed by atoms with E-state index in [2.05, 4.69) is 20.3 Å². The summed E-state index contributed by atoms with van der Waals surface area (Å²) >= 11 is 2.84. The Morgan fingerprint density at radius 3 is 2.78 bits per heavy atom. The highest BCUT2D eigenvalue weighted by Gasteiger charge is 2.15. The van der Waals surface area contributed by atoms with Crippen LogP contribution in [0.1, 0.15) is 10.8 Å². The molecular weight excluding hydrogens is 380 g/mol. The first-order chi connectivity index (χ1) is 13.2. The van der Waals surface area contributed by atoms with Crippen LogP contribution >= 0.6 is 23.1 Å². The molecule has 3 heterocycles. The van der Waals surface area contributed by atoms with Crippen molar-refractivity contribution in [2.75, 3.05) is 5.75 Å². The van der Waals surface area contributed by atoms with E-state index in [1.165, 1.54) is 23.1 Å². The van der Waals surface area contributed by atoms with Crippen LogP contribution in [0.3, 0.4) is 0 Å². The van der Waals surface area contributed by atoms with Gasteiger partial charge in [-0.2, -0.15) is 0 Å². The van der Waals surface area contributed by atoms with Crippen molar-refractivity contribution in [3.05, 3.63) is 59.5 Å². The van der Waals surface area contributed by atoms with Crippen LogP contribution in [0.25, 0.3) is 21.6 Å². The van der Waals surface area contributed by atoms with E-state index in [-0.39, 0.29) is 11.7 Å². The largest absolute Gasteiger partial charge is 0.467 e. The molecule has 0 aliphatic carbocycles. The summed E-state index contributed by atoms with van der Waals surface area (Å²) in [4.78, 5) is 26.7. The summed E-state index contributed by atoms with van der Waals surface area (Å²) in [7, 11) is 0. The van der Waals surface area contributed by atoms with Crippen molar-refractivity contribution in [2.45, 2.75) is 18.6 Å². The lowest BCUT2D eigenvalue weighted by Crippen LogP contribution is -2.24. The molecule has 0 radical (unpaired) electrons. The lowest BCUT2D eigenvalue weighted by Gasteiger charge is -2.06. The van der Waals surface area contributed by atoms with E-state index >= 15 is 0 Å². The lowest BCUT2D eigenvalue weighted by molar-refractivity contribution is -0.118. The minimum absolute atomic E-state index is 0.0955. The Balaban J connectivity index is 1.52. The van der Waals surface area contributed by atoms with Crippen LogP contribution in [0.15, 0.2) is 58.3 Å². The van der Waals surface area contributed by atoms with Crippen molar-refractivity contribution in [2.24, 2.45) is 0 Å². The fourth-order valence-electron chi connectivity index (χ4n) is 2.55. The monoisotopic (exact) mass is 396 g/mol. The minimum Gasteiger partial charge on any atom is -0.467 e. The molecule has 0 spiro atoms. The van der Waals surface area contributed by atoms with Gasteiger partial charge in [-0.1, -0.05) is 53.4 Å². The molecule has 4 aromatic rings. The van der Waals surface area contributed by atoms with Crippen LogP contribution in [0, 0.1) is 6.92 Å². The Labute approximate surface area is 164 Å². The molecule has 1 amide bonds. The molecule has 1 aromatic carbocycles. The molecule has 4 rings (SSSR count). The number of thioether (sulfide) groups is 1. The molecule has 0 atom stereocenters. The first-order valence-electron chi connectivity index (χ1n) is 8.31. The number of furan rings is 1. The summed E-state index contributed by atoms with van der Waals surface area (Å²) in [6.07, 6.45) is 1.58. The van der Waals surface area contributed by atoms with Crippen LogP contribution < -0.4 is 5.32 Å². The normalized spacial score (nSPS) is 11.0. The Hall–Kier alpha value is -2.71. The van der Waals surface area contributed by atoms with E-state index in [0.29, 0.717) is 11.7 Å². The van der Waals surface area contributed by atoms with Gasteiger partial charge in [-0.25, -0.2) is 15.0 Å². The minimum atomic E-state index is -0.0955. The van der Waals surface area contributed by atoms with Gasteiger partial charge in [-0.15, -0.1) is 0 Å². The quantitative estimate of drug-likeness (QED) is 0.391. The van der Waals surface area contributed by atoms with Crippen LogP contribution in [-0.4, -0.2) is 26.6 Å². The molecule has 136 valence electrons. The zero-order chi connectivity index (χ0) is 18.6. The van der Waals surface area contributed by atoms with E-state index < -0.39 is 0 Å². The number of nitrogens with zero attached hydrogens (tertiary/aromatic N) is 3. The van der Waals surface area contributed by atoms with Crippen molar-refractivity contribution < 1.29 is 9.21 Å². The summed E-state index contributed by atoms with van der Waals surface area (Å²) in [5, 5.41) is 4.33. The van der Waals surface area contributed by atoms with Crippen molar-refractivity contribution >= 4 is 39.4 Å². The highest BCUT2D eigenvalue weighted by molar-refractivity contribution is 7.99. The van der Waals surface area contributed by atoms with Gasteiger partial charge >= 0.3 is 0 Å². The van der Waals surface area contributed by atoms with Crippen molar-refractivity contribution in [1.29, 1.82) is 0 Å². The third-order valence-electron chi connectivity index (χ3n) is 3.76. The SMILES string of the molecule is Cc1nc2c(-c3ccccc3)nc(SCC(=O)NCc3ccco3)nc2s1. The fraction of sp³-hybridized carbons (Fsp3) is 0.158. The molecule has 0 saturated carbocycles. The number of carbonyl (C=O) groups is 1. The molecule has 0 bridgehead atoms. The molecule has 0 fully saturated rings. The van der Waals surface area contributed by atoms with Crippen LogP contribution in [0.4, 0.5) is 0 Å². The fourth-order valence-corrected chi connectivity index (χ4v) is 4.07. The van der Waals surface area contributed by atoms with E-state index in [4.69, 9.17) is 4.42 Å². The summed E-state index contributed by atoms with van der Waals surface area (Å²) in [5.74, 6) is 0.859. The molecule has 0 aliphatic rings. The molecule has 27 heavy (non-hydrogen) atoms. The number of carbonyl (C=O) groups excluding carboxylic acids is 1. The molecule has 1 N–H and O–H groups in total. The zero-order valence-electron chi connectivity index (χ0n) is 14.5. The second kappa shape index (κ2) is 7.89. The van der Waals surface area contributed by atoms with E-state index in [1.807, 2.05) is 43.3 Å². The van der Waals surface area contributed by atoms with Gasteiger partial charge in [-0.05, 0) is 19.1 Å². The summed E-state index contributed by atoms with van der Waals surface area (Å²) in [6, 6.07) is 13.5. The average molecular weight is 396 g/mol. The second-order valence-electron chi connectivity index (χ2n) is 5.75. The molecule has 0 aliphatic heterocycles. The molecule has 3 aromatic heterocycles. The van der Waals surface area contributed by atoms with Crippen LogP contribution in [-0.2, 0) is 11.3 Å². The van der Waals surface area contributed by atoms with Crippen molar-refractivity contribution in [3.63, 3.8) is 0 Å². The Bertz CT molecular complexity index is 1060. The maximum atomic E-state index is 12.1. The Kier molecular flexibility index (Phi) is 5.17. The number of aryl methyl sites for hydroxylation is 1. The van der Waals surface area contributed by atoms with Crippen LogP contribution in [0.5, 0.6) is 0 Å². The standard InChI is InChI=1S/C19H16N4O2S2/c1-12-21-17-16(13-6-3-2-4-7-13)22-19(23-18(17)27-12)26-11-15(24)20-10-14-8-5-9-25-14/h2-9H,10-11H2,1H3,(H,20,24). The number of hydrogen-bond acceptors (Lipinski definition) is 7. The van der Waals surface area contributed by atoms with E-state index in [0.717, 1.165) is 32.4 Å². The number of thiazole rings is 1. The van der Waals surface area contributed by atoms with E-state index in [1.54, 1.807) is 12.3 Å². The predicted octanol–water partition coefficient (Wildman–Crippen LogP) is 4.06. The average Bonchev–Trinajstić information content (AvgIpc) is 3.33. The molecule has 0 saturated heterocycles. The number of nitrogens with one attached hydrogen (secondary N) is 1. The topological polar surface area (TPSA) is 80.9 Å². The van der Waals surface area contributed by atoms with E-state index in [9.17, 15) is 4.79 Å². The first-order valence-corrected chi connectivity index (χ1v) is 10.1. The number of aromatic nitrogens is 3. The highest BCUT2D eigenvalue weighted by Crippen LogP contribution is 2.31. The smallest absolute Gasteiger partial charge is 0.230 e. The highest BCUT2D eigenvalue weighted by atomic mass is 32.2. The summed E-state index contributed by atoms with van der Waals surface area (Å²) in [6.45, 7) is 2.33. The van der Waals surface area contributed by atoms with Gasteiger partial charge in [0.05, 0.1) is 23.6 Å². The number of benzene rings is 1. The lowest BCUT2D eigenvalue weighted by atomic mass is 10.1. The van der Waals surface area contributed by atoms with Crippen LogP contribution in [0.2, 0.25) is 0 Å². The molecule has 6 nitrogen and oxygen atoms in total. The molecule has 8 heteroatoms. The Morgan fingerprint density at radius 1 is 1.15 bits per heavy atom. The van der Waals surface area contributed by atoms with Crippen molar-refractivity contribution in [1.82, 2.24) is 20.3 Å². The maximum Gasteiger partial charge on any atom is 0.230 e. The molecular formula is C19H16N4O2S2. The molecule has 0 unspecified atom stereocenters. The number of amides is 1. The van der Waals surface area contributed by atoms with Gasteiger partial charge in [0, 0.05) is 5.56 Å².